The minimum atomic E-state index is -0.378. The van der Waals surface area contributed by atoms with Crippen LogP contribution in [0.4, 0.5) is 0 Å². The van der Waals surface area contributed by atoms with E-state index in [1.54, 1.807) is 0 Å². The lowest BCUT2D eigenvalue weighted by Crippen LogP contribution is -2.23. The summed E-state index contributed by atoms with van der Waals surface area (Å²) in [7, 11) is 1.39. The van der Waals surface area contributed by atoms with Crippen LogP contribution >= 0.6 is 0 Å². The number of para-hydroxylation sites is 1. The maximum atomic E-state index is 11.8. The van der Waals surface area contributed by atoms with Crippen LogP contribution in [0.5, 0.6) is 0 Å². The Labute approximate surface area is 111 Å². The van der Waals surface area contributed by atoms with E-state index in [0.717, 1.165) is 30.7 Å². The van der Waals surface area contributed by atoms with Gasteiger partial charge in [-0.2, -0.15) is 5.10 Å². The highest BCUT2D eigenvalue weighted by molar-refractivity contribution is 6.02. The molecular formula is C14H17N3O2. The van der Waals surface area contributed by atoms with Crippen molar-refractivity contribution in [3.05, 3.63) is 30.0 Å². The molecule has 19 heavy (non-hydrogen) atoms. The first-order chi connectivity index (χ1) is 9.29. The number of aromatic nitrogens is 2. The normalized spacial score (nSPS) is 16.1. The number of rotatable bonds is 3. The Morgan fingerprint density at radius 1 is 1.32 bits per heavy atom. The topological polar surface area (TPSA) is 47.4 Å². The standard InChI is InChI=1S/C14H17N3O2/c1-19-14(18)13-11-6-2-3-7-12(11)17(15-13)10-16-8-4-5-9-16/h2-3,6-7H,4-5,8-10H2,1H3. The summed E-state index contributed by atoms with van der Waals surface area (Å²) in [5.41, 5.74) is 1.38. The van der Waals surface area contributed by atoms with Gasteiger partial charge in [0.1, 0.15) is 0 Å². The maximum Gasteiger partial charge on any atom is 0.359 e. The summed E-state index contributed by atoms with van der Waals surface area (Å²) in [6, 6.07) is 7.78. The summed E-state index contributed by atoms with van der Waals surface area (Å²) < 4.78 is 6.70. The van der Waals surface area contributed by atoms with Gasteiger partial charge in [-0.3, -0.25) is 4.90 Å². The van der Waals surface area contributed by atoms with Crippen LogP contribution < -0.4 is 0 Å². The van der Waals surface area contributed by atoms with Crippen LogP contribution in [0, 0.1) is 0 Å². The molecule has 2 heterocycles. The molecule has 0 saturated carbocycles. The molecule has 0 N–H and O–H groups in total. The molecule has 5 nitrogen and oxygen atoms in total. The number of methoxy groups -OCH3 is 1. The second-order valence-corrected chi connectivity index (χ2v) is 4.82. The summed E-state index contributed by atoms with van der Waals surface area (Å²) in [5, 5.41) is 5.28. The molecule has 5 heteroatoms. The van der Waals surface area contributed by atoms with Gasteiger partial charge in [0.25, 0.3) is 0 Å². The van der Waals surface area contributed by atoms with Crippen LogP contribution in [0.3, 0.4) is 0 Å². The van der Waals surface area contributed by atoms with Gasteiger partial charge in [0.2, 0.25) is 0 Å². The zero-order chi connectivity index (χ0) is 13.2. The molecule has 0 bridgehead atoms. The molecule has 0 spiro atoms. The molecule has 1 saturated heterocycles. The van der Waals surface area contributed by atoms with Crippen LogP contribution in [0.2, 0.25) is 0 Å². The number of carbonyl (C=O) groups is 1. The van der Waals surface area contributed by atoms with E-state index < -0.39 is 0 Å². The zero-order valence-corrected chi connectivity index (χ0v) is 11.0. The van der Waals surface area contributed by atoms with Crippen molar-refractivity contribution in [1.82, 2.24) is 14.7 Å². The average Bonchev–Trinajstić information content (AvgIpc) is 3.07. The van der Waals surface area contributed by atoms with Crippen LogP contribution in [-0.2, 0) is 11.4 Å². The van der Waals surface area contributed by atoms with Crippen LogP contribution in [0.15, 0.2) is 24.3 Å². The van der Waals surface area contributed by atoms with Crippen LogP contribution in [-0.4, -0.2) is 40.8 Å². The number of benzene rings is 1. The van der Waals surface area contributed by atoms with Gasteiger partial charge in [-0.15, -0.1) is 0 Å². The summed E-state index contributed by atoms with van der Waals surface area (Å²) in [4.78, 5) is 14.1. The molecule has 3 rings (SSSR count). The van der Waals surface area contributed by atoms with Crippen molar-refractivity contribution in [2.24, 2.45) is 0 Å². The molecule has 0 atom stereocenters. The second kappa shape index (κ2) is 5.01. The summed E-state index contributed by atoms with van der Waals surface area (Å²) in [5.74, 6) is -0.378. The molecule has 1 aromatic heterocycles. The van der Waals surface area contributed by atoms with Crippen molar-refractivity contribution in [3.8, 4) is 0 Å². The number of fused-ring (bicyclic) bond motifs is 1. The Kier molecular flexibility index (Phi) is 3.21. The second-order valence-electron chi connectivity index (χ2n) is 4.82. The van der Waals surface area contributed by atoms with E-state index in [1.165, 1.54) is 20.0 Å². The molecule has 1 fully saturated rings. The fourth-order valence-corrected chi connectivity index (χ4v) is 2.60. The largest absolute Gasteiger partial charge is 0.464 e. The van der Waals surface area contributed by atoms with Gasteiger partial charge in [-0.25, -0.2) is 9.48 Å². The third kappa shape index (κ3) is 2.21. The number of nitrogens with zero attached hydrogens (tertiary/aromatic N) is 3. The maximum absolute atomic E-state index is 11.8. The quantitative estimate of drug-likeness (QED) is 0.790. The van der Waals surface area contributed by atoms with Crippen LogP contribution in [0.1, 0.15) is 23.3 Å². The lowest BCUT2D eigenvalue weighted by Gasteiger charge is -2.14. The van der Waals surface area contributed by atoms with Crippen LogP contribution in [0.25, 0.3) is 10.9 Å². The fraction of sp³-hybridized carbons (Fsp3) is 0.429. The summed E-state index contributed by atoms with van der Waals surface area (Å²) in [6.45, 7) is 2.93. The number of hydrogen-bond donors (Lipinski definition) is 0. The van der Waals surface area contributed by atoms with Gasteiger partial charge in [0.15, 0.2) is 5.69 Å². The molecule has 1 aromatic carbocycles. The molecule has 1 aliphatic heterocycles. The number of hydrogen-bond acceptors (Lipinski definition) is 4. The fourth-order valence-electron chi connectivity index (χ4n) is 2.60. The van der Waals surface area contributed by atoms with Crippen molar-refractivity contribution in [1.29, 1.82) is 0 Å². The van der Waals surface area contributed by atoms with Gasteiger partial charge >= 0.3 is 5.97 Å². The van der Waals surface area contributed by atoms with E-state index in [1.807, 2.05) is 28.9 Å². The Balaban J connectivity index is 2.01. The minimum Gasteiger partial charge on any atom is -0.464 e. The predicted octanol–water partition coefficient (Wildman–Crippen LogP) is 1.88. The van der Waals surface area contributed by atoms with Crippen molar-refractivity contribution in [2.75, 3.05) is 20.2 Å². The highest BCUT2D eigenvalue weighted by Crippen LogP contribution is 2.20. The molecule has 0 unspecified atom stereocenters. The summed E-state index contributed by atoms with van der Waals surface area (Å²) in [6.07, 6.45) is 2.48. The molecule has 2 aromatic rings. The van der Waals surface area contributed by atoms with Crippen molar-refractivity contribution in [3.63, 3.8) is 0 Å². The molecule has 0 radical (unpaired) electrons. The van der Waals surface area contributed by atoms with E-state index in [-0.39, 0.29) is 5.97 Å². The van der Waals surface area contributed by atoms with Crippen molar-refractivity contribution < 1.29 is 9.53 Å². The van der Waals surface area contributed by atoms with Gasteiger partial charge in [-0.1, -0.05) is 18.2 Å². The molecular weight excluding hydrogens is 242 g/mol. The Hall–Kier alpha value is -1.88. The minimum absolute atomic E-state index is 0.378. The van der Waals surface area contributed by atoms with Crippen molar-refractivity contribution in [2.45, 2.75) is 19.5 Å². The van der Waals surface area contributed by atoms with E-state index >= 15 is 0 Å². The number of esters is 1. The predicted molar refractivity (Wildman–Crippen MR) is 71.9 cm³/mol. The highest BCUT2D eigenvalue weighted by Gasteiger charge is 2.19. The molecule has 0 aliphatic carbocycles. The number of likely N-dealkylation sites (tertiary alicyclic amines) is 1. The van der Waals surface area contributed by atoms with E-state index in [0.29, 0.717) is 5.69 Å². The van der Waals surface area contributed by atoms with Crippen molar-refractivity contribution >= 4 is 16.9 Å². The SMILES string of the molecule is COC(=O)c1nn(CN2CCCC2)c2ccccc12. The first kappa shape index (κ1) is 12.2. The summed E-state index contributed by atoms with van der Waals surface area (Å²) >= 11 is 0. The lowest BCUT2D eigenvalue weighted by molar-refractivity contribution is 0.0594. The zero-order valence-electron chi connectivity index (χ0n) is 11.0. The van der Waals surface area contributed by atoms with Gasteiger partial charge in [-0.05, 0) is 32.0 Å². The highest BCUT2D eigenvalue weighted by atomic mass is 16.5. The third-order valence-corrected chi connectivity index (χ3v) is 3.57. The first-order valence-corrected chi connectivity index (χ1v) is 6.56. The Bertz CT molecular complexity index is 600. The van der Waals surface area contributed by atoms with Gasteiger partial charge in [0, 0.05) is 5.39 Å². The molecule has 0 amide bonds. The van der Waals surface area contributed by atoms with E-state index in [2.05, 4.69) is 10.00 Å². The monoisotopic (exact) mass is 259 g/mol. The Morgan fingerprint density at radius 2 is 2.05 bits per heavy atom. The molecule has 100 valence electrons. The smallest absolute Gasteiger partial charge is 0.359 e. The molecule has 1 aliphatic rings. The van der Waals surface area contributed by atoms with E-state index in [9.17, 15) is 4.79 Å². The average molecular weight is 259 g/mol. The van der Waals surface area contributed by atoms with Gasteiger partial charge < -0.3 is 4.74 Å². The first-order valence-electron chi connectivity index (χ1n) is 6.56. The lowest BCUT2D eigenvalue weighted by atomic mass is 10.2. The van der Waals surface area contributed by atoms with E-state index in [4.69, 9.17) is 4.74 Å². The number of ether oxygens (including phenoxy) is 1. The number of carbonyl (C=O) groups excluding carboxylic acids is 1. The van der Waals surface area contributed by atoms with Gasteiger partial charge in [0.05, 0.1) is 19.3 Å². The Morgan fingerprint density at radius 3 is 2.79 bits per heavy atom. The third-order valence-electron chi connectivity index (χ3n) is 3.57.